The summed E-state index contributed by atoms with van der Waals surface area (Å²) in [5.74, 6) is 1.26. The smallest absolute Gasteiger partial charge is 0.237 e. The number of Topliss-reactive ketones (excluding diaryl/α,β-unsaturated/α-hetero) is 1. The number of rotatable bonds is 10. The highest BCUT2D eigenvalue weighted by Gasteiger charge is 2.21. The number of ether oxygens (including phenoxy) is 1. The van der Waals surface area contributed by atoms with Gasteiger partial charge in [0.05, 0.1) is 18.9 Å². The zero-order valence-electron chi connectivity index (χ0n) is 21.2. The zero-order valence-corrected chi connectivity index (χ0v) is 22.0. The van der Waals surface area contributed by atoms with E-state index >= 15 is 0 Å². The van der Waals surface area contributed by atoms with Crippen LogP contribution in [0, 0.1) is 6.92 Å². The van der Waals surface area contributed by atoms with Gasteiger partial charge in [0.2, 0.25) is 5.91 Å². The molecule has 0 saturated carbocycles. The van der Waals surface area contributed by atoms with Gasteiger partial charge in [0, 0.05) is 22.6 Å². The molecule has 8 nitrogen and oxygen atoms in total. The lowest BCUT2D eigenvalue weighted by Crippen LogP contribution is -2.23. The summed E-state index contributed by atoms with van der Waals surface area (Å²) in [5.41, 5.74) is 4.25. The Morgan fingerprint density at radius 1 is 0.946 bits per heavy atom. The van der Waals surface area contributed by atoms with Gasteiger partial charge in [0.1, 0.15) is 5.75 Å². The Labute approximate surface area is 220 Å². The Balaban J connectivity index is 1.53. The third kappa shape index (κ3) is 6.56. The van der Waals surface area contributed by atoms with E-state index in [4.69, 9.17) is 4.74 Å². The van der Waals surface area contributed by atoms with Crippen LogP contribution in [0.4, 0.5) is 11.4 Å². The zero-order chi connectivity index (χ0) is 26.4. The molecule has 0 aliphatic carbocycles. The van der Waals surface area contributed by atoms with Gasteiger partial charge in [0.25, 0.3) is 0 Å². The second-order valence-electron chi connectivity index (χ2n) is 8.53. The lowest BCUT2D eigenvalue weighted by molar-refractivity contribution is -0.115. The van der Waals surface area contributed by atoms with E-state index in [0.717, 1.165) is 17.1 Å². The maximum Gasteiger partial charge on any atom is 0.237 e. The van der Waals surface area contributed by atoms with E-state index in [1.807, 2.05) is 66.9 Å². The monoisotopic (exact) mass is 515 g/mol. The number of carbonyl (C=O) groups excluding carboxylic acids is 2. The summed E-state index contributed by atoms with van der Waals surface area (Å²) in [7, 11) is 1.62. The number of carbonyl (C=O) groups is 2. The first-order valence-corrected chi connectivity index (χ1v) is 12.7. The number of aromatic nitrogens is 3. The first kappa shape index (κ1) is 26.0. The number of hydrogen-bond donors (Lipinski definition) is 2. The number of nitrogens with one attached hydrogen (secondary N) is 2. The van der Waals surface area contributed by atoms with Gasteiger partial charge in [-0.3, -0.25) is 14.2 Å². The average Bonchev–Trinajstić information content (AvgIpc) is 3.30. The quantitative estimate of drug-likeness (QED) is 0.212. The summed E-state index contributed by atoms with van der Waals surface area (Å²) in [5, 5.41) is 15.3. The highest BCUT2D eigenvalue weighted by molar-refractivity contribution is 8.00. The molecule has 0 aliphatic rings. The molecule has 0 bridgehead atoms. The number of ketones is 1. The van der Waals surface area contributed by atoms with Crippen molar-refractivity contribution in [1.29, 1.82) is 0 Å². The number of nitrogens with zero attached hydrogens (tertiary/aromatic N) is 3. The highest BCUT2D eigenvalue weighted by atomic mass is 32.2. The Kier molecular flexibility index (Phi) is 8.25. The molecule has 0 fully saturated rings. The topological polar surface area (TPSA) is 98.1 Å². The first-order valence-electron chi connectivity index (χ1n) is 11.8. The second kappa shape index (κ2) is 11.7. The largest absolute Gasteiger partial charge is 0.497 e. The molecule has 1 unspecified atom stereocenters. The minimum absolute atomic E-state index is 0.0210. The van der Waals surface area contributed by atoms with Gasteiger partial charge in [-0.1, -0.05) is 29.5 Å². The number of thioether (sulfide) groups is 1. The molecule has 3 aromatic carbocycles. The lowest BCUT2D eigenvalue weighted by Gasteiger charge is -2.15. The standard InChI is InChI=1S/C28H29N5O3S/c1-18-5-9-22(10-6-18)29-17-26-31-32-28(33(26)24-13-15-25(36-4)16-14-24)37-20(3)27(35)30-23-11-7-21(8-12-23)19(2)34/h5-16,20,29H,17H2,1-4H3,(H,30,35). The fourth-order valence-electron chi connectivity index (χ4n) is 3.58. The second-order valence-corrected chi connectivity index (χ2v) is 9.84. The third-order valence-corrected chi connectivity index (χ3v) is 6.79. The van der Waals surface area contributed by atoms with Crippen molar-refractivity contribution in [3.63, 3.8) is 0 Å². The Hall–Kier alpha value is -4.11. The van der Waals surface area contributed by atoms with Gasteiger partial charge < -0.3 is 15.4 Å². The summed E-state index contributed by atoms with van der Waals surface area (Å²) in [6.45, 7) is 5.83. The molecule has 0 radical (unpaired) electrons. The van der Waals surface area contributed by atoms with Crippen molar-refractivity contribution in [2.75, 3.05) is 17.7 Å². The maximum atomic E-state index is 12.9. The predicted octanol–water partition coefficient (Wildman–Crippen LogP) is 5.52. The molecule has 37 heavy (non-hydrogen) atoms. The van der Waals surface area contributed by atoms with Crippen LogP contribution in [0.1, 0.15) is 35.6 Å². The number of hydrogen-bond acceptors (Lipinski definition) is 7. The van der Waals surface area contributed by atoms with E-state index in [1.54, 1.807) is 31.4 Å². The first-order chi connectivity index (χ1) is 17.8. The van der Waals surface area contributed by atoms with Crippen LogP contribution in [-0.4, -0.2) is 38.8 Å². The fraction of sp³-hybridized carbons (Fsp3) is 0.214. The maximum absolute atomic E-state index is 12.9. The number of aryl methyl sites for hydroxylation is 1. The van der Waals surface area contributed by atoms with Gasteiger partial charge in [-0.25, -0.2) is 0 Å². The normalized spacial score (nSPS) is 11.6. The van der Waals surface area contributed by atoms with Crippen molar-refractivity contribution in [3.8, 4) is 11.4 Å². The fourth-order valence-corrected chi connectivity index (χ4v) is 4.46. The summed E-state index contributed by atoms with van der Waals surface area (Å²) in [4.78, 5) is 24.4. The molecule has 1 amide bonds. The van der Waals surface area contributed by atoms with Crippen LogP contribution in [0.25, 0.3) is 5.69 Å². The molecular weight excluding hydrogens is 486 g/mol. The number of benzene rings is 3. The van der Waals surface area contributed by atoms with E-state index in [1.165, 1.54) is 24.2 Å². The number of anilines is 2. The molecule has 1 aromatic heterocycles. The molecule has 1 heterocycles. The van der Waals surface area contributed by atoms with E-state index in [-0.39, 0.29) is 11.7 Å². The molecule has 190 valence electrons. The van der Waals surface area contributed by atoms with Crippen molar-refractivity contribution >= 4 is 34.8 Å². The molecule has 4 rings (SSSR count). The Morgan fingerprint density at radius 2 is 1.59 bits per heavy atom. The molecule has 2 N–H and O–H groups in total. The van der Waals surface area contributed by atoms with Gasteiger partial charge in [-0.2, -0.15) is 0 Å². The van der Waals surface area contributed by atoms with Crippen LogP contribution in [0.2, 0.25) is 0 Å². The van der Waals surface area contributed by atoms with Crippen molar-refractivity contribution in [2.45, 2.75) is 37.7 Å². The van der Waals surface area contributed by atoms with Crippen LogP contribution in [0.3, 0.4) is 0 Å². The van der Waals surface area contributed by atoms with Gasteiger partial charge >= 0.3 is 0 Å². The van der Waals surface area contributed by atoms with Crippen LogP contribution in [0.15, 0.2) is 78.0 Å². The molecule has 4 aromatic rings. The lowest BCUT2D eigenvalue weighted by atomic mass is 10.1. The summed E-state index contributed by atoms with van der Waals surface area (Å²) >= 11 is 1.32. The SMILES string of the molecule is COc1ccc(-n2c(CNc3ccc(C)cc3)nnc2SC(C)C(=O)Nc2ccc(C(C)=O)cc2)cc1. The van der Waals surface area contributed by atoms with Crippen LogP contribution >= 0.6 is 11.8 Å². The van der Waals surface area contributed by atoms with E-state index in [2.05, 4.69) is 20.8 Å². The number of amides is 1. The molecule has 1 atom stereocenters. The van der Waals surface area contributed by atoms with Crippen LogP contribution < -0.4 is 15.4 Å². The third-order valence-electron chi connectivity index (χ3n) is 5.74. The predicted molar refractivity (Wildman–Crippen MR) is 147 cm³/mol. The van der Waals surface area contributed by atoms with Crippen molar-refractivity contribution in [2.24, 2.45) is 0 Å². The Morgan fingerprint density at radius 3 is 2.22 bits per heavy atom. The number of methoxy groups -OCH3 is 1. The molecule has 0 spiro atoms. The van der Waals surface area contributed by atoms with E-state index in [9.17, 15) is 9.59 Å². The van der Waals surface area contributed by atoms with Crippen LogP contribution in [0.5, 0.6) is 5.75 Å². The van der Waals surface area contributed by atoms with Gasteiger partial charge in [0.15, 0.2) is 16.8 Å². The van der Waals surface area contributed by atoms with E-state index < -0.39 is 5.25 Å². The average molecular weight is 516 g/mol. The van der Waals surface area contributed by atoms with Crippen LogP contribution in [-0.2, 0) is 11.3 Å². The van der Waals surface area contributed by atoms with Crippen molar-refractivity contribution in [3.05, 3.63) is 89.7 Å². The van der Waals surface area contributed by atoms with Gasteiger partial charge in [-0.15, -0.1) is 10.2 Å². The molecular formula is C28H29N5O3S. The molecule has 0 saturated heterocycles. The summed E-state index contributed by atoms with van der Waals surface area (Å²) in [6, 6.07) is 22.6. The highest BCUT2D eigenvalue weighted by Crippen LogP contribution is 2.28. The van der Waals surface area contributed by atoms with Crippen molar-refractivity contribution in [1.82, 2.24) is 14.8 Å². The van der Waals surface area contributed by atoms with E-state index in [0.29, 0.717) is 28.8 Å². The summed E-state index contributed by atoms with van der Waals surface area (Å²) < 4.78 is 7.25. The Bertz CT molecular complexity index is 1370. The minimum Gasteiger partial charge on any atom is -0.497 e. The van der Waals surface area contributed by atoms with Gasteiger partial charge in [-0.05, 0) is 81.4 Å². The minimum atomic E-state index is -0.452. The van der Waals surface area contributed by atoms with Crippen molar-refractivity contribution < 1.29 is 14.3 Å². The summed E-state index contributed by atoms with van der Waals surface area (Å²) in [6.07, 6.45) is 0. The molecule has 0 aliphatic heterocycles. The molecule has 9 heteroatoms.